The van der Waals surface area contributed by atoms with E-state index in [1.54, 1.807) is 0 Å². The molecule has 0 aromatic heterocycles. The Morgan fingerprint density at radius 3 is 2.50 bits per heavy atom. The third kappa shape index (κ3) is 6.26. The van der Waals surface area contributed by atoms with Gasteiger partial charge >= 0.3 is 5.97 Å². The average Bonchev–Trinajstić information content (AvgIpc) is 2.99. The van der Waals surface area contributed by atoms with Crippen LogP contribution in [0.3, 0.4) is 0 Å². The molecule has 1 atom stereocenters. The van der Waals surface area contributed by atoms with E-state index < -0.39 is 11.2 Å². The molecular weight excluding hydrogens is 352 g/mol. The van der Waals surface area contributed by atoms with Gasteiger partial charge in [0, 0.05) is 17.9 Å². The molecule has 1 aromatic carbocycles. The van der Waals surface area contributed by atoms with Crippen LogP contribution in [0.4, 0.5) is 0 Å². The van der Waals surface area contributed by atoms with Crippen LogP contribution >= 0.6 is 11.6 Å². The highest BCUT2D eigenvalue weighted by molar-refractivity contribution is 6.31. The van der Waals surface area contributed by atoms with Crippen LogP contribution in [-0.2, 0) is 14.3 Å². The third-order valence-corrected chi connectivity index (χ3v) is 5.05. The van der Waals surface area contributed by atoms with Gasteiger partial charge in [-0.15, -0.1) is 0 Å². The van der Waals surface area contributed by atoms with Gasteiger partial charge in [0.15, 0.2) is 5.79 Å². The fraction of sp³-hybridized carbons (Fsp3) is 0.667. The largest absolute Gasteiger partial charge is 0.465 e. The highest BCUT2D eigenvalue weighted by Gasteiger charge is 2.35. The monoisotopic (exact) mass is 382 g/mol. The molecule has 26 heavy (non-hydrogen) atoms. The molecule has 0 amide bonds. The van der Waals surface area contributed by atoms with E-state index >= 15 is 0 Å². The molecule has 0 saturated heterocycles. The van der Waals surface area contributed by atoms with Gasteiger partial charge in [-0.05, 0) is 64.5 Å². The standard InChI is InChI=1S/C21H31ClO4/c1-20(2,3)19(23)25-15-9-6-12-18(16-10-4-5-11-17(16)22)26-21(24)13-7-8-14-21/h4-5,10-11,18,24H,6-9,12-15H2,1-3H3. The molecule has 1 aliphatic rings. The minimum atomic E-state index is -1.05. The van der Waals surface area contributed by atoms with Crippen LogP contribution in [0.25, 0.3) is 0 Å². The second-order valence-corrected chi connectivity index (χ2v) is 8.57. The summed E-state index contributed by atoms with van der Waals surface area (Å²) in [6, 6.07) is 7.61. The summed E-state index contributed by atoms with van der Waals surface area (Å²) in [5.41, 5.74) is 0.427. The van der Waals surface area contributed by atoms with Crippen molar-refractivity contribution in [3.05, 3.63) is 34.9 Å². The summed E-state index contributed by atoms with van der Waals surface area (Å²) >= 11 is 6.35. The highest BCUT2D eigenvalue weighted by Crippen LogP contribution is 2.39. The number of carbonyl (C=O) groups is 1. The highest BCUT2D eigenvalue weighted by atomic mass is 35.5. The van der Waals surface area contributed by atoms with Crippen LogP contribution in [0.1, 0.15) is 77.4 Å². The second-order valence-electron chi connectivity index (χ2n) is 8.16. The van der Waals surface area contributed by atoms with Gasteiger partial charge in [-0.3, -0.25) is 4.79 Å². The van der Waals surface area contributed by atoms with Crippen molar-refractivity contribution in [2.45, 2.75) is 77.6 Å². The Labute approximate surface area is 161 Å². The van der Waals surface area contributed by atoms with Crippen molar-refractivity contribution in [2.24, 2.45) is 5.41 Å². The second kappa shape index (κ2) is 9.20. The van der Waals surface area contributed by atoms with Crippen LogP contribution in [0, 0.1) is 5.41 Å². The molecule has 5 heteroatoms. The minimum absolute atomic E-state index is 0.184. The topological polar surface area (TPSA) is 55.8 Å². The van der Waals surface area contributed by atoms with Crippen LogP contribution in [0.2, 0.25) is 5.02 Å². The van der Waals surface area contributed by atoms with Gasteiger partial charge in [0.05, 0.1) is 18.1 Å². The lowest BCUT2D eigenvalue weighted by Crippen LogP contribution is -2.30. The van der Waals surface area contributed by atoms with Crippen molar-refractivity contribution in [1.82, 2.24) is 0 Å². The van der Waals surface area contributed by atoms with Crippen molar-refractivity contribution in [1.29, 1.82) is 0 Å². The molecule has 0 heterocycles. The Morgan fingerprint density at radius 2 is 1.88 bits per heavy atom. The van der Waals surface area contributed by atoms with Crippen molar-refractivity contribution < 1.29 is 19.4 Å². The van der Waals surface area contributed by atoms with Crippen LogP contribution in [0.15, 0.2) is 24.3 Å². The van der Waals surface area contributed by atoms with E-state index in [0.29, 0.717) is 24.5 Å². The summed E-state index contributed by atoms with van der Waals surface area (Å²) in [7, 11) is 0. The summed E-state index contributed by atoms with van der Waals surface area (Å²) < 4.78 is 11.4. The Balaban J connectivity index is 1.90. The van der Waals surface area contributed by atoms with E-state index in [1.807, 2.05) is 45.0 Å². The maximum atomic E-state index is 11.8. The first-order valence-electron chi connectivity index (χ1n) is 9.53. The maximum Gasteiger partial charge on any atom is 0.311 e. The van der Waals surface area contributed by atoms with Gasteiger partial charge in [0.25, 0.3) is 0 Å². The van der Waals surface area contributed by atoms with Gasteiger partial charge in [-0.2, -0.15) is 0 Å². The third-order valence-electron chi connectivity index (χ3n) is 4.70. The number of halogens is 1. The molecular formula is C21H31ClO4. The van der Waals surface area contributed by atoms with Crippen LogP contribution < -0.4 is 0 Å². The van der Waals surface area contributed by atoms with Gasteiger partial charge in [-0.25, -0.2) is 0 Å². The van der Waals surface area contributed by atoms with Gasteiger partial charge in [-0.1, -0.05) is 29.8 Å². The van der Waals surface area contributed by atoms with E-state index in [1.165, 1.54) is 0 Å². The summed E-state index contributed by atoms with van der Waals surface area (Å²) in [5, 5.41) is 11.3. The number of benzene rings is 1. The predicted octanol–water partition coefficient (Wildman–Crippen LogP) is 5.42. The van der Waals surface area contributed by atoms with Gasteiger partial charge < -0.3 is 14.6 Å². The molecule has 0 aliphatic heterocycles. The zero-order valence-electron chi connectivity index (χ0n) is 16.1. The van der Waals surface area contributed by atoms with E-state index in [9.17, 15) is 9.90 Å². The lowest BCUT2D eigenvalue weighted by Gasteiger charge is -2.30. The van der Waals surface area contributed by atoms with Crippen molar-refractivity contribution in [3.63, 3.8) is 0 Å². The SMILES string of the molecule is CC(C)(C)C(=O)OCCCCC(OC1(O)CCCC1)c1ccccc1Cl. The van der Waals surface area contributed by atoms with Crippen molar-refractivity contribution in [3.8, 4) is 0 Å². The Hall–Kier alpha value is -1.10. The fourth-order valence-electron chi connectivity index (χ4n) is 3.14. The van der Waals surface area contributed by atoms with E-state index in [-0.39, 0.29) is 12.1 Å². The number of unbranched alkanes of at least 4 members (excludes halogenated alkanes) is 1. The van der Waals surface area contributed by atoms with E-state index in [0.717, 1.165) is 37.7 Å². The fourth-order valence-corrected chi connectivity index (χ4v) is 3.39. The first-order chi connectivity index (χ1) is 12.2. The van der Waals surface area contributed by atoms with Crippen molar-refractivity contribution >= 4 is 17.6 Å². The Bertz CT molecular complexity index is 588. The maximum absolute atomic E-state index is 11.8. The van der Waals surface area contributed by atoms with Crippen molar-refractivity contribution in [2.75, 3.05) is 6.61 Å². The summed E-state index contributed by atoms with van der Waals surface area (Å²) in [5.74, 6) is -1.24. The molecule has 1 unspecified atom stereocenters. The molecule has 1 fully saturated rings. The molecule has 0 spiro atoms. The summed E-state index contributed by atoms with van der Waals surface area (Å²) in [4.78, 5) is 11.8. The minimum Gasteiger partial charge on any atom is -0.465 e. The molecule has 1 saturated carbocycles. The molecule has 146 valence electrons. The lowest BCUT2D eigenvalue weighted by molar-refractivity contribution is -0.228. The summed E-state index contributed by atoms with van der Waals surface area (Å²) in [6.45, 7) is 5.94. The lowest BCUT2D eigenvalue weighted by atomic mass is 9.97. The normalized spacial score (nSPS) is 17.9. The van der Waals surface area contributed by atoms with Gasteiger partial charge in [0.1, 0.15) is 0 Å². The number of esters is 1. The first-order valence-corrected chi connectivity index (χ1v) is 9.91. The Kier molecular flexibility index (Phi) is 7.51. The number of hydrogen-bond acceptors (Lipinski definition) is 4. The quantitative estimate of drug-likeness (QED) is 0.370. The zero-order valence-corrected chi connectivity index (χ0v) is 16.8. The molecule has 2 rings (SSSR count). The smallest absolute Gasteiger partial charge is 0.311 e. The van der Waals surface area contributed by atoms with Gasteiger partial charge in [0.2, 0.25) is 0 Å². The number of rotatable bonds is 8. The number of aliphatic hydroxyl groups is 1. The number of carbonyl (C=O) groups excluding carboxylic acids is 1. The summed E-state index contributed by atoms with van der Waals surface area (Å²) in [6.07, 6.45) is 5.33. The number of hydrogen-bond donors (Lipinski definition) is 1. The van der Waals surface area contributed by atoms with Crippen LogP contribution in [-0.4, -0.2) is 23.5 Å². The van der Waals surface area contributed by atoms with E-state index in [2.05, 4.69) is 0 Å². The average molecular weight is 383 g/mol. The first kappa shape index (κ1) is 21.2. The molecule has 0 bridgehead atoms. The predicted molar refractivity (Wildman–Crippen MR) is 103 cm³/mol. The molecule has 1 N–H and O–H groups in total. The van der Waals surface area contributed by atoms with E-state index in [4.69, 9.17) is 21.1 Å². The Morgan fingerprint density at radius 1 is 1.23 bits per heavy atom. The molecule has 1 aliphatic carbocycles. The number of ether oxygens (including phenoxy) is 2. The molecule has 1 aromatic rings. The van der Waals surface area contributed by atoms with Crippen LogP contribution in [0.5, 0.6) is 0 Å². The molecule has 0 radical (unpaired) electrons. The zero-order chi connectivity index (χ0) is 19.2. The molecule has 4 nitrogen and oxygen atoms in total.